The fraction of sp³-hybridized carbons (Fsp3) is 0.462. The Hall–Kier alpha value is -3.18. The van der Waals surface area contributed by atoms with Gasteiger partial charge in [0.2, 0.25) is 5.91 Å². The summed E-state index contributed by atoms with van der Waals surface area (Å²) in [6.45, 7) is 18.3. The minimum Gasteiger partial charge on any atom is -0.303 e. The summed E-state index contributed by atoms with van der Waals surface area (Å²) in [7, 11) is -3.64. The van der Waals surface area contributed by atoms with Crippen molar-refractivity contribution in [3.63, 3.8) is 0 Å². The van der Waals surface area contributed by atoms with E-state index >= 15 is 0 Å². The molecule has 5 heteroatoms. The van der Waals surface area contributed by atoms with Crippen molar-refractivity contribution in [2.24, 2.45) is 0 Å². The number of anilines is 1. The second-order valence-electron chi connectivity index (χ2n) is 13.3. The summed E-state index contributed by atoms with van der Waals surface area (Å²) in [6, 6.07) is 13.0. The van der Waals surface area contributed by atoms with Gasteiger partial charge in [-0.1, -0.05) is 64.8 Å². The van der Waals surface area contributed by atoms with Crippen molar-refractivity contribution in [2.75, 3.05) is 4.90 Å². The molecule has 238 valence electrons. The fourth-order valence-corrected chi connectivity index (χ4v) is 8.03. The van der Waals surface area contributed by atoms with Gasteiger partial charge in [-0.05, 0) is 136 Å². The van der Waals surface area contributed by atoms with Crippen LogP contribution in [-0.4, -0.2) is 19.9 Å². The Balaban J connectivity index is 1.82. The number of amides is 1. The zero-order valence-corrected chi connectivity index (χ0v) is 29.3. The summed E-state index contributed by atoms with van der Waals surface area (Å²) in [5.74, 6) is -0.0342. The number of unbranched alkanes of at least 4 members (excludes halogenated alkanes) is 1. The average Bonchev–Trinajstić information content (AvgIpc) is 2.92. The van der Waals surface area contributed by atoms with Gasteiger partial charge >= 0.3 is 0 Å². The highest BCUT2D eigenvalue weighted by atomic mass is 32.2. The molecule has 1 aliphatic heterocycles. The molecule has 0 N–H and O–H groups in total. The van der Waals surface area contributed by atoms with Crippen molar-refractivity contribution < 1.29 is 13.2 Å². The zero-order valence-electron chi connectivity index (χ0n) is 28.5. The largest absolute Gasteiger partial charge is 0.303 e. The highest BCUT2D eigenvalue weighted by molar-refractivity contribution is 7.91. The molecule has 1 heterocycles. The van der Waals surface area contributed by atoms with E-state index in [1.165, 1.54) is 16.7 Å². The van der Waals surface area contributed by atoms with E-state index in [4.69, 9.17) is 0 Å². The Morgan fingerprint density at radius 2 is 1.43 bits per heavy atom. The lowest BCUT2D eigenvalue weighted by atomic mass is 9.87. The van der Waals surface area contributed by atoms with Crippen molar-refractivity contribution in [1.82, 2.24) is 0 Å². The van der Waals surface area contributed by atoms with Crippen LogP contribution in [0, 0.1) is 6.92 Å². The number of rotatable bonds is 13. The first-order valence-electron chi connectivity index (χ1n) is 16.0. The Kier molecular flexibility index (Phi) is 12.2. The molecule has 4 nitrogen and oxygen atoms in total. The molecule has 0 saturated heterocycles. The fourth-order valence-electron chi connectivity index (χ4n) is 6.21. The quantitative estimate of drug-likeness (QED) is 0.166. The van der Waals surface area contributed by atoms with Crippen LogP contribution >= 0.6 is 0 Å². The number of benzene rings is 2. The van der Waals surface area contributed by atoms with E-state index in [0.717, 1.165) is 66.5 Å². The molecule has 1 aliphatic rings. The molecule has 0 spiro atoms. The summed E-state index contributed by atoms with van der Waals surface area (Å²) in [5, 5.41) is -0.677. The van der Waals surface area contributed by atoms with Gasteiger partial charge in [-0.2, -0.15) is 0 Å². The van der Waals surface area contributed by atoms with E-state index in [1.807, 2.05) is 58.0 Å². The molecule has 2 aromatic rings. The number of sulfone groups is 1. The van der Waals surface area contributed by atoms with Gasteiger partial charge in [-0.3, -0.25) is 4.79 Å². The van der Waals surface area contributed by atoms with Gasteiger partial charge in [0.05, 0.1) is 21.4 Å². The maximum atomic E-state index is 14.1. The Morgan fingerprint density at radius 1 is 0.841 bits per heavy atom. The smallest absolute Gasteiger partial charge is 0.224 e. The molecular formula is C39H53NO3S. The highest BCUT2D eigenvalue weighted by Gasteiger charge is 2.35. The Bertz CT molecular complexity index is 1550. The molecule has 1 amide bonds. The van der Waals surface area contributed by atoms with Crippen LogP contribution in [0.15, 0.2) is 88.4 Å². The molecule has 44 heavy (non-hydrogen) atoms. The molecule has 0 radical (unpaired) electrons. The van der Waals surface area contributed by atoms with Crippen molar-refractivity contribution in [1.29, 1.82) is 0 Å². The third-order valence-electron chi connectivity index (χ3n) is 8.53. The van der Waals surface area contributed by atoms with E-state index in [-0.39, 0.29) is 5.91 Å². The van der Waals surface area contributed by atoms with Gasteiger partial charge in [-0.25, -0.2) is 8.42 Å². The zero-order chi connectivity index (χ0) is 32.7. The summed E-state index contributed by atoms with van der Waals surface area (Å²) in [4.78, 5) is 14.8. The molecule has 2 aromatic carbocycles. The number of carbonyl (C=O) groups is 1. The van der Waals surface area contributed by atoms with E-state index in [0.29, 0.717) is 11.3 Å². The Labute approximate surface area is 267 Å². The highest BCUT2D eigenvalue weighted by Crippen LogP contribution is 2.42. The number of aryl methyl sites for hydroxylation is 1. The maximum Gasteiger partial charge on any atom is 0.224 e. The van der Waals surface area contributed by atoms with Crippen molar-refractivity contribution in [2.45, 2.75) is 123 Å². The first-order valence-corrected chi connectivity index (χ1v) is 17.6. The van der Waals surface area contributed by atoms with Crippen LogP contribution < -0.4 is 4.90 Å². The molecule has 0 fully saturated rings. The minimum absolute atomic E-state index is 0.0342. The number of carbonyl (C=O) groups excluding carboxylic acids is 1. The second-order valence-corrected chi connectivity index (χ2v) is 15.5. The topological polar surface area (TPSA) is 54.5 Å². The summed E-state index contributed by atoms with van der Waals surface area (Å²) in [6.07, 6.45) is 15.4. The van der Waals surface area contributed by atoms with Gasteiger partial charge in [-0.15, -0.1) is 0 Å². The number of hydrogen-bond donors (Lipinski definition) is 0. The number of hydrogen-bond acceptors (Lipinski definition) is 3. The van der Waals surface area contributed by atoms with Gasteiger partial charge in [0.1, 0.15) is 0 Å². The monoisotopic (exact) mass is 615 g/mol. The molecular weight excluding hydrogens is 563 g/mol. The van der Waals surface area contributed by atoms with Crippen LogP contribution in [0.2, 0.25) is 0 Å². The van der Waals surface area contributed by atoms with Gasteiger partial charge < -0.3 is 4.90 Å². The van der Waals surface area contributed by atoms with E-state index in [9.17, 15) is 13.2 Å². The van der Waals surface area contributed by atoms with Crippen LogP contribution in [0.25, 0.3) is 5.57 Å². The standard InChI is InChI=1S/C39H53NO3S/c1-28(2)14-12-16-30(4)18-13-17-29(3)15-10-11-19-38(44(42,43)35-23-20-31(5)21-24-35)34-22-25-37-36(26-34)32(6)27-39(8,9)40(37)33(7)41/h14-15,18,20-27,38H,10-13,16-17,19H2,1-9H3/b29-15+,30-18+. The van der Waals surface area contributed by atoms with Crippen molar-refractivity contribution in [3.8, 4) is 0 Å². The van der Waals surface area contributed by atoms with E-state index < -0.39 is 20.6 Å². The van der Waals surface area contributed by atoms with Crippen molar-refractivity contribution in [3.05, 3.63) is 100 Å². The first-order chi connectivity index (χ1) is 20.6. The number of fused-ring (bicyclic) bond motifs is 1. The molecule has 1 unspecified atom stereocenters. The third-order valence-corrected chi connectivity index (χ3v) is 10.7. The summed E-state index contributed by atoms with van der Waals surface area (Å²) in [5.41, 5.74) is 8.29. The molecule has 0 saturated carbocycles. The first kappa shape index (κ1) is 35.3. The van der Waals surface area contributed by atoms with Gasteiger partial charge in [0.15, 0.2) is 9.84 Å². The van der Waals surface area contributed by atoms with Gasteiger partial charge in [0.25, 0.3) is 0 Å². The number of nitrogens with zero attached hydrogens (tertiary/aromatic N) is 1. The molecule has 1 atom stereocenters. The van der Waals surface area contributed by atoms with Crippen LogP contribution in [0.4, 0.5) is 5.69 Å². The predicted molar refractivity (Wildman–Crippen MR) is 188 cm³/mol. The summed E-state index contributed by atoms with van der Waals surface area (Å²) < 4.78 is 28.2. The van der Waals surface area contributed by atoms with E-state index in [1.54, 1.807) is 24.0 Å². The van der Waals surface area contributed by atoms with Crippen molar-refractivity contribution >= 4 is 27.0 Å². The Morgan fingerprint density at radius 3 is 2.02 bits per heavy atom. The number of allylic oxidation sites excluding steroid dienone is 7. The lowest BCUT2D eigenvalue weighted by Gasteiger charge is -2.41. The van der Waals surface area contributed by atoms with Crippen LogP contribution in [0.3, 0.4) is 0 Å². The van der Waals surface area contributed by atoms with Gasteiger partial charge in [0, 0.05) is 12.5 Å². The van der Waals surface area contributed by atoms with Crippen LogP contribution in [-0.2, 0) is 14.6 Å². The van der Waals surface area contributed by atoms with Crippen LogP contribution in [0.1, 0.15) is 122 Å². The predicted octanol–water partition coefficient (Wildman–Crippen LogP) is 10.6. The SMILES string of the molecule is CC(=O)N1c2ccc(C(CCC/C=C(\C)CC/C=C(\C)CCC=C(C)C)S(=O)(=O)c3ccc(C)cc3)cc2C(C)=CC1(C)C. The lowest BCUT2D eigenvalue weighted by molar-refractivity contribution is -0.117. The average molecular weight is 616 g/mol. The van der Waals surface area contributed by atoms with Crippen LogP contribution in [0.5, 0.6) is 0 Å². The van der Waals surface area contributed by atoms with E-state index in [2.05, 4.69) is 52.0 Å². The maximum absolute atomic E-state index is 14.1. The minimum atomic E-state index is -3.64. The normalized spacial score (nSPS) is 15.8. The molecule has 3 rings (SSSR count). The second kappa shape index (κ2) is 15.2. The molecule has 0 aromatic heterocycles. The third kappa shape index (κ3) is 9.17. The lowest BCUT2D eigenvalue weighted by Crippen LogP contribution is -2.47. The molecule has 0 aliphatic carbocycles. The summed E-state index contributed by atoms with van der Waals surface area (Å²) >= 11 is 0. The molecule has 0 bridgehead atoms.